The summed E-state index contributed by atoms with van der Waals surface area (Å²) < 4.78 is 5.37. The summed E-state index contributed by atoms with van der Waals surface area (Å²) in [6, 6.07) is 0. The van der Waals surface area contributed by atoms with Crippen LogP contribution in [-0.4, -0.2) is 18.8 Å². The van der Waals surface area contributed by atoms with Gasteiger partial charge in [-0.25, -0.2) is 0 Å². The van der Waals surface area contributed by atoms with Crippen LogP contribution in [0.2, 0.25) is 0 Å². The number of carbonyl (C=O) groups is 1. The monoisotopic (exact) mass is 283 g/mol. The summed E-state index contributed by atoms with van der Waals surface area (Å²) in [6.07, 6.45) is 10.6. The summed E-state index contributed by atoms with van der Waals surface area (Å²) >= 11 is 1.83. The summed E-state index contributed by atoms with van der Waals surface area (Å²) in [7, 11) is 1.73. The molecule has 0 atom stereocenters. The zero-order valence-corrected chi connectivity index (χ0v) is 12.2. The second kappa shape index (κ2) is 9.78. The zero-order chi connectivity index (χ0) is 13.9. The van der Waals surface area contributed by atoms with Crippen LogP contribution in [0.1, 0.15) is 44.9 Å². The highest BCUT2D eigenvalue weighted by molar-refractivity contribution is 8.03. The van der Waals surface area contributed by atoms with Gasteiger partial charge in [-0.15, -0.1) is 16.7 Å². The molecule has 0 heterocycles. The molecular weight excluding hydrogens is 262 g/mol. The molecule has 0 bridgehead atoms. The van der Waals surface area contributed by atoms with Gasteiger partial charge in [-0.1, -0.05) is 18.9 Å². The van der Waals surface area contributed by atoms with Crippen LogP contribution < -0.4 is 0 Å². The largest absolute Gasteiger partial charge is 0.500 e. The van der Waals surface area contributed by atoms with Crippen LogP contribution in [0.5, 0.6) is 0 Å². The van der Waals surface area contributed by atoms with Crippen molar-refractivity contribution < 1.29 is 9.53 Å². The smallest absolute Gasteiger partial charge is 0.286 e. The molecule has 0 spiro atoms. The molecule has 0 saturated heterocycles. The maximum atomic E-state index is 10.7. The van der Waals surface area contributed by atoms with E-state index >= 15 is 0 Å². The number of ether oxygens (including phenoxy) is 1. The Morgan fingerprint density at radius 2 is 2.16 bits per heavy atom. The molecule has 0 N–H and O–H groups in total. The van der Waals surface area contributed by atoms with Crippen molar-refractivity contribution >= 4 is 17.7 Å². The standard InChI is InChI=1S/C14H21NO3S/c1-18-12-8-5-6-9-13(12)19-11-7-3-2-4-10-14(16)15-17/h6,9H,2-5,7-8,10-11H2,1H3. The van der Waals surface area contributed by atoms with Gasteiger partial charge in [-0.3, -0.25) is 4.79 Å². The molecule has 1 aliphatic rings. The molecule has 19 heavy (non-hydrogen) atoms. The first-order valence-electron chi connectivity index (χ1n) is 6.70. The number of amides is 1. The maximum absolute atomic E-state index is 10.7. The van der Waals surface area contributed by atoms with Gasteiger partial charge in [0.05, 0.1) is 7.11 Å². The van der Waals surface area contributed by atoms with Crippen LogP contribution in [-0.2, 0) is 9.53 Å². The summed E-state index contributed by atoms with van der Waals surface area (Å²) in [5.74, 6) is 1.62. The van der Waals surface area contributed by atoms with Crippen molar-refractivity contribution in [1.29, 1.82) is 0 Å². The quantitative estimate of drug-likeness (QED) is 0.470. The van der Waals surface area contributed by atoms with Crippen molar-refractivity contribution in [1.82, 2.24) is 0 Å². The van der Waals surface area contributed by atoms with E-state index in [0.717, 1.165) is 50.0 Å². The summed E-state index contributed by atoms with van der Waals surface area (Å²) in [5.41, 5.74) is 0. The van der Waals surface area contributed by atoms with Crippen LogP contribution in [0.15, 0.2) is 28.0 Å². The number of unbranched alkanes of at least 4 members (excludes halogenated alkanes) is 3. The molecule has 0 aromatic heterocycles. The minimum absolute atomic E-state index is 0.290. The van der Waals surface area contributed by atoms with Crippen LogP contribution in [0.4, 0.5) is 0 Å². The number of hydrogen-bond donors (Lipinski definition) is 0. The Morgan fingerprint density at radius 1 is 1.37 bits per heavy atom. The number of thioether (sulfide) groups is 1. The molecule has 0 aromatic carbocycles. The van der Waals surface area contributed by atoms with E-state index in [-0.39, 0.29) is 0 Å². The van der Waals surface area contributed by atoms with Crippen molar-refractivity contribution in [2.45, 2.75) is 44.9 Å². The molecule has 0 unspecified atom stereocenters. The molecule has 0 aliphatic heterocycles. The minimum atomic E-state index is -0.531. The first kappa shape index (κ1) is 16.0. The Labute approximate surface area is 118 Å². The third-order valence-corrected chi connectivity index (χ3v) is 4.14. The van der Waals surface area contributed by atoms with Crippen molar-refractivity contribution in [3.63, 3.8) is 0 Å². The number of hydrogen-bond acceptors (Lipinski definition) is 4. The lowest BCUT2D eigenvalue weighted by Crippen LogP contribution is -1.96. The van der Waals surface area contributed by atoms with E-state index < -0.39 is 5.91 Å². The van der Waals surface area contributed by atoms with Gasteiger partial charge in [0, 0.05) is 22.9 Å². The van der Waals surface area contributed by atoms with Crippen LogP contribution in [0.3, 0.4) is 0 Å². The molecule has 1 amide bonds. The van der Waals surface area contributed by atoms with E-state index in [1.165, 1.54) is 4.91 Å². The first-order chi connectivity index (χ1) is 9.27. The Balaban J connectivity index is 2.07. The molecule has 106 valence electrons. The van der Waals surface area contributed by atoms with E-state index in [9.17, 15) is 9.70 Å². The predicted octanol–water partition coefficient (Wildman–Crippen LogP) is 4.17. The highest BCUT2D eigenvalue weighted by atomic mass is 32.2. The lowest BCUT2D eigenvalue weighted by molar-refractivity contribution is -0.118. The van der Waals surface area contributed by atoms with Gasteiger partial charge in [0.25, 0.3) is 5.91 Å². The Bertz CT molecular complexity index is 364. The average molecular weight is 283 g/mol. The lowest BCUT2D eigenvalue weighted by Gasteiger charge is -2.14. The van der Waals surface area contributed by atoms with Gasteiger partial charge in [0.2, 0.25) is 0 Å². The number of methoxy groups -OCH3 is 1. The normalized spacial score (nSPS) is 14.6. The van der Waals surface area contributed by atoms with Crippen molar-refractivity contribution in [2.24, 2.45) is 5.18 Å². The number of allylic oxidation sites excluding steroid dienone is 3. The molecule has 0 radical (unpaired) electrons. The highest BCUT2D eigenvalue weighted by Crippen LogP contribution is 2.29. The fourth-order valence-electron chi connectivity index (χ4n) is 1.91. The molecule has 0 fully saturated rings. The predicted molar refractivity (Wildman–Crippen MR) is 78.8 cm³/mol. The van der Waals surface area contributed by atoms with Gasteiger partial charge in [-0.2, -0.15) is 0 Å². The maximum Gasteiger partial charge on any atom is 0.286 e. The van der Waals surface area contributed by atoms with Gasteiger partial charge in [0.15, 0.2) is 0 Å². The van der Waals surface area contributed by atoms with E-state index in [4.69, 9.17) is 4.74 Å². The lowest BCUT2D eigenvalue weighted by atomic mass is 10.1. The number of rotatable bonds is 9. The van der Waals surface area contributed by atoms with Crippen LogP contribution >= 0.6 is 11.8 Å². The fourth-order valence-corrected chi connectivity index (χ4v) is 3.02. The second-order valence-corrected chi connectivity index (χ2v) is 5.57. The summed E-state index contributed by atoms with van der Waals surface area (Å²) in [4.78, 5) is 21.8. The SMILES string of the molecule is COC1=C(SCCCCCCC(=O)N=O)C=CCC1. The zero-order valence-electron chi connectivity index (χ0n) is 11.4. The summed E-state index contributed by atoms with van der Waals surface area (Å²) in [5, 5.41) is 2.38. The molecule has 0 aromatic rings. The fraction of sp³-hybridized carbons (Fsp3) is 0.643. The molecule has 5 heteroatoms. The Morgan fingerprint density at radius 3 is 2.89 bits per heavy atom. The Kier molecular flexibility index (Phi) is 8.21. The van der Waals surface area contributed by atoms with Crippen molar-refractivity contribution in [3.8, 4) is 0 Å². The Hall–Kier alpha value is -1.10. The topological polar surface area (TPSA) is 55.7 Å². The van der Waals surface area contributed by atoms with E-state index in [1.807, 2.05) is 11.8 Å². The van der Waals surface area contributed by atoms with Gasteiger partial charge in [0.1, 0.15) is 5.76 Å². The van der Waals surface area contributed by atoms with E-state index in [2.05, 4.69) is 17.3 Å². The molecule has 0 saturated carbocycles. The van der Waals surface area contributed by atoms with E-state index in [1.54, 1.807) is 7.11 Å². The second-order valence-electron chi connectivity index (χ2n) is 4.43. The number of carbonyl (C=O) groups excluding carboxylic acids is 1. The van der Waals surface area contributed by atoms with Crippen LogP contribution in [0.25, 0.3) is 0 Å². The first-order valence-corrected chi connectivity index (χ1v) is 7.69. The average Bonchev–Trinajstić information content (AvgIpc) is 2.46. The highest BCUT2D eigenvalue weighted by Gasteiger charge is 2.08. The van der Waals surface area contributed by atoms with Crippen LogP contribution in [0, 0.1) is 4.91 Å². The van der Waals surface area contributed by atoms with Gasteiger partial charge < -0.3 is 4.74 Å². The molecule has 1 rings (SSSR count). The van der Waals surface area contributed by atoms with Gasteiger partial charge >= 0.3 is 0 Å². The van der Waals surface area contributed by atoms with E-state index in [0.29, 0.717) is 6.42 Å². The van der Waals surface area contributed by atoms with Crippen molar-refractivity contribution in [2.75, 3.05) is 12.9 Å². The molecular formula is C14H21NO3S. The third kappa shape index (κ3) is 6.57. The number of nitrogens with zero attached hydrogens (tertiary/aromatic N) is 1. The number of nitroso groups, excluding NO2 is 1. The van der Waals surface area contributed by atoms with Gasteiger partial charge in [-0.05, 0) is 31.1 Å². The third-order valence-electron chi connectivity index (χ3n) is 2.97. The molecule has 1 aliphatic carbocycles. The summed E-state index contributed by atoms with van der Waals surface area (Å²) in [6.45, 7) is 0. The molecule has 4 nitrogen and oxygen atoms in total. The van der Waals surface area contributed by atoms with Crippen molar-refractivity contribution in [3.05, 3.63) is 27.7 Å². The minimum Gasteiger partial charge on any atom is -0.500 e.